The third kappa shape index (κ3) is 6.23. The molecule has 2 fully saturated rings. The first-order valence-corrected chi connectivity index (χ1v) is 11.9. The van der Waals surface area contributed by atoms with E-state index >= 15 is 0 Å². The molecule has 2 heterocycles. The van der Waals surface area contributed by atoms with Crippen LogP contribution in [0.25, 0.3) is 0 Å². The quantitative estimate of drug-likeness (QED) is 0.612. The van der Waals surface area contributed by atoms with E-state index < -0.39 is 12.2 Å². The monoisotopic (exact) mass is 483 g/mol. The van der Waals surface area contributed by atoms with E-state index in [0.29, 0.717) is 13.1 Å². The summed E-state index contributed by atoms with van der Waals surface area (Å²) in [4.78, 5) is 40.8. The van der Waals surface area contributed by atoms with E-state index in [0.717, 1.165) is 36.9 Å². The first-order valence-electron chi connectivity index (χ1n) is 11.9. The van der Waals surface area contributed by atoms with Crippen molar-refractivity contribution in [2.45, 2.75) is 38.5 Å². The summed E-state index contributed by atoms with van der Waals surface area (Å²) in [6.45, 7) is 3.93. The zero-order valence-electron chi connectivity index (χ0n) is 20.6. The number of hydrogen-bond acceptors (Lipinski definition) is 5. The Balaban J connectivity index is 0.000000287. The van der Waals surface area contributed by atoms with Gasteiger partial charge < -0.3 is 15.1 Å². The lowest BCUT2D eigenvalue weighted by Crippen LogP contribution is -2.71. The Morgan fingerprint density at radius 2 is 1.77 bits per heavy atom. The van der Waals surface area contributed by atoms with Gasteiger partial charge in [-0.2, -0.15) is 0 Å². The van der Waals surface area contributed by atoms with Crippen LogP contribution in [0.2, 0.25) is 0 Å². The van der Waals surface area contributed by atoms with Crippen LogP contribution in [0.3, 0.4) is 0 Å². The van der Waals surface area contributed by atoms with Crippen LogP contribution in [0.5, 0.6) is 0 Å². The van der Waals surface area contributed by atoms with Crippen molar-refractivity contribution >= 4 is 18.2 Å². The second kappa shape index (κ2) is 12.4. The number of piperazine rings is 1. The molecule has 2 aliphatic rings. The molecule has 0 spiro atoms. The molecule has 0 aromatic heterocycles. The Kier molecular flexibility index (Phi) is 9.33. The summed E-state index contributed by atoms with van der Waals surface area (Å²) in [6, 6.07) is 15.1. The highest BCUT2D eigenvalue weighted by Gasteiger charge is 2.49. The van der Waals surface area contributed by atoms with Crippen molar-refractivity contribution in [3.8, 4) is 0 Å². The molecule has 9 heteroatoms. The number of unbranched alkanes of at least 4 members (excludes halogenated alkanes) is 1. The van der Waals surface area contributed by atoms with Crippen LogP contribution >= 0.6 is 0 Å². The summed E-state index contributed by atoms with van der Waals surface area (Å²) in [5.41, 5.74) is 1.88. The Morgan fingerprint density at radius 1 is 1.09 bits per heavy atom. The molecule has 2 aromatic carbocycles. The lowest BCUT2D eigenvalue weighted by Gasteiger charge is -2.53. The number of hydrazine groups is 1. The number of fused-ring (bicyclic) bond motifs is 1. The first kappa shape index (κ1) is 26.3. The summed E-state index contributed by atoms with van der Waals surface area (Å²) in [7, 11) is 3.58. The van der Waals surface area contributed by atoms with E-state index in [4.69, 9.17) is 0 Å². The van der Waals surface area contributed by atoms with Gasteiger partial charge in [-0.1, -0.05) is 55.8 Å². The number of rotatable bonds is 7. The second-order valence-corrected chi connectivity index (χ2v) is 8.69. The molecule has 1 unspecified atom stereocenters. The lowest BCUT2D eigenvalue weighted by molar-refractivity contribution is -0.197. The molecule has 2 aromatic rings. The van der Waals surface area contributed by atoms with Crippen LogP contribution in [0.15, 0.2) is 54.6 Å². The summed E-state index contributed by atoms with van der Waals surface area (Å²) in [5, 5.41) is 6.11. The average molecular weight is 484 g/mol. The highest BCUT2D eigenvalue weighted by atomic mass is 19.1. The van der Waals surface area contributed by atoms with Gasteiger partial charge in [-0.05, 0) is 36.7 Å². The van der Waals surface area contributed by atoms with Crippen LogP contribution in [-0.4, -0.2) is 77.9 Å². The molecule has 2 aliphatic heterocycles. The minimum absolute atomic E-state index is 0.0698. The summed E-state index contributed by atoms with van der Waals surface area (Å²) in [6.07, 6.45) is 2.14. The van der Waals surface area contributed by atoms with Crippen LogP contribution in [0, 0.1) is 5.82 Å². The van der Waals surface area contributed by atoms with Crippen LogP contribution in [0.1, 0.15) is 36.9 Å². The summed E-state index contributed by atoms with van der Waals surface area (Å²) < 4.78 is 12.3. The molecule has 35 heavy (non-hydrogen) atoms. The highest BCUT2D eigenvalue weighted by Crippen LogP contribution is 2.33. The Morgan fingerprint density at radius 3 is 2.37 bits per heavy atom. The second-order valence-electron chi connectivity index (χ2n) is 8.69. The van der Waals surface area contributed by atoms with E-state index in [2.05, 4.69) is 12.2 Å². The summed E-state index contributed by atoms with van der Waals surface area (Å²) >= 11 is 0. The number of nitrogens with zero attached hydrogens (tertiary/aromatic N) is 4. The van der Waals surface area contributed by atoms with Gasteiger partial charge in [-0.25, -0.2) is 9.40 Å². The Labute approximate surface area is 206 Å². The molecule has 0 saturated carbocycles. The molecule has 4 rings (SSSR count). The fraction of sp³-hybridized carbons (Fsp3) is 0.423. The zero-order chi connectivity index (χ0) is 25.4. The lowest BCUT2D eigenvalue weighted by atomic mass is 9.98. The van der Waals surface area contributed by atoms with Crippen LogP contribution < -0.4 is 5.32 Å². The minimum atomic E-state index is -0.680. The van der Waals surface area contributed by atoms with E-state index in [1.807, 2.05) is 37.4 Å². The fourth-order valence-electron chi connectivity index (χ4n) is 4.39. The summed E-state index contributed by atoms with van der Waals surface area (Å²) in [5.74, 6) is -0.387. The fourth-order valence-corrected chi connectivity index (χ4v) is 4.39. The highest BCUT2D eigenvalue weighted by molar-refractivity contribution is 5.91. The molecule has 2 saturated heterocycles. The van der Waals surface area contributed by atoms with Gasteiger partial charge in [0.05, 0.1) is 13.1 Å². The van der Waals surface area contributed by atoms with Crippen molar-refractivity contribution in [2.24, 2.45) is 0 Å². The first-order chi connectivity index (χ1) is 16.9. The van der Waals surface area contributed by atoms with Gasteiger partial charge in [0.2, 0.25) is 18.2 Å². The molecule has 0 aliphatic carbocycles. The predicted molar refractivity (Wildman–Crippen MR) is 131 cm³/mol. The molecular formula is C26H34FN5O3. The van der Waals surface area contributed by atoms with Crippen molar-refractivity contribution in [1.29, 1.82) is 0 Å². The molecule has 1 N–H and O–H groups in total. The molecule has 8 nitrogen and oxygen atoms in total. The maximum Gasteiger partial charge on any atom is 0.250 e. The van der Waals surface area contributed by atoms with Crippen molar-refractivity contribution in [2.75, 3.05) is 33.7 Å². The number of hydrogen-bond donors (Lipinski definition) is 1. The third-order valence-corrected chi connectivity index (χ3v) is 6.18. The number of benzene rings is 2. The number of halogens is 1. The largest absolute Gasteiger partial charge is 0.337 e. The smallest absolute Gasteiger partial charge is 0.250 e. The van der Waals surface area contributed by atoms with Crippen molar-refractivity contribution in [3.63, 3.8) is 0 Å². The maximum atomic E-state index is 13.1. The zero-order valence-corrected chi connectivity index (χ0v) is 20.6. The van der Waals surface area contributed by atoms with E-state index in [1.165, 1.54) is 17.1 Å². The standard InChI is InChI=1S/C18H24N4O3.C8H10FN/c1-3-4-10-20-11-15-21(13-23)19(2)12-16(24)22(15)17(18(20)25)14-8-6-5-7-9-14;1-10-6-7-2-4-8(9)5-3-7/h5-9,13,15,17H,3-4,10-12H2,1-2H3;2-5,10H,6H2,1H3/t15?,17-;/m0./s1. The van der Waals surface area contributed by atoms with Crippen LogP contribution in [0.4, 0.5) is 4.39 Å². The van der Waals surface area contributed by atoms with E-state index in [-0.39, 0.29) is 24.2 Å². The molecule has 188 valence electrons. The topological polar surface area (TPSA) is 76.2 Å². The molecule has 0 radical (unpaired) electrons. The Bertz CT molecular complexity index is 988. The number of likely N-dealkylation sites (N-methyl/N-ethyl adjacent to an activating group) is 1. The molecular weight excluding hydrogens is 449 g/mol. The predicted octanol–water partition coefficient (Wildman–Crippen LogP) is 2.39. The van der Waals surface area contributed by atoms with Gasteiger partial charge >= 0.3 is 0 Å². The van der Waals surface area contributed by atoms with Crippen molar-refractivity contribution in [1.82, 2.24) is 25.1 Å². The van der Waals surface area contributed by atoms with E-state index in [1.54, 1.807) is 34.0 Å². The van der Waals surface area contributed by atoms with Gasteiger partial charge in [-0.15, -0.1) is 0 Å². The van der Waals surface area contributed by atoms with Gasteiger partial charge in [-0.3, -0.25) is 19.4 Å². The normalized spacial score (nSPS) is 20.3. The van der Waals surface area contributed by atoms with E-state index in [9.17, 15) is 18.8 Å². The van der Waals surface area contributed by atoms with Gasteiger partial charge in [0.1, 0.15) is 18.0 Å². The van der Waals surface area contributed by atoms with Gasteiger partial charge in [0, 0.05) is 20.1 Å². The molecule has 2 atom stereocenters. The van der Waals surface area contributed by atoms with Gasteiger partial charge in [0.25, 0.3) is 0 Å². The average Bonchev–Trinajstić information content (AvgIpc) is 2.86. The number of carbonyl (C=O) groups is 3. The van der Waals surface area contributed by atoms with Crippen molar-refractivity contribution < 1.29 is 18.8 Å². The Hall–Kier alpha value is -3.30. The van der Waals surface area contributed by atoms with Gasteiger partial charge in [0.15, 0.2) is 0 Å². The number of carbonyl (C=O) groups excluding carboxylic acids is 3. The van der Waals surface area contributed by atoms with Crippen molar-refractivity contribution in [3.05, 3.63) is 71.5 Å². The third-order valence-electron chi connectivity index (χ3n) is 6.18. The molecule has 0 bridgehead atoms. The minimum Gasteiger partial charge on any atom is -0.337 e. The number of nitrogens with one attached hydrogen (secondary N) is 1. The maximum absolute atomic E-state index is 13.1. The SMILES string of the molecule is CCCCN1CC2N(C(=O)CN(C)N2C=O)[C@@H](c2ccccc2)C1=O.CNCc1ccc(F)cc1. The number of amides is 3. The van der Waals surface area contributed by atoms with Crippen LogP contribution in [-0.2, 0) is 20.9 Å². The molecule has 3 amide bonds.